The molecule has 5 rings (SSSR count). The fraction of sp³-hybridized carbons (Fsp3) is 0.545. The van der Waals surface area contributed by atoms with Gasteiger partial charge in [-0.25, -0.2) is 0 Å². The van der Waals surface area contributed by atoms with Crippen molar-refractivity contribution in [2.45, 2.75) is 97.1 Å². The summed E-state index contributed by atoms with van der Waals surface area (Å²) >= 11 is 6.65. The number of carbonyl (C=O) groups is 1. The van der Waals surface area contributed by atoms with E-state index in [-0.39, 0.29) is 5.54 Å². The van der Waals surface area contributed by atoms with Gasteiger partial charge in [-0.15, -0.1) is 0 Å². The predicted octanol–water partition coefficient (Wildman–Crippen LogP) is 7.93. The van der Waals surface area contributed by atoms with Gasteiger partial charge in [0.25, 0.3) is 5.89 Å². The van der Waals surface area contributed by atoms with Crippen molar-refractivity contribution in [3.8, 4) is 22.8 Å². The van der Waals surface area contributed by atoms with Crippen LogP contribution in [0, 0.1) is 5.41 Å². The highest BCUT2D eigenvalue weighted by atomic mass is 35.5. The number of rotatable bonds is 7. The molecule has 2 aromatic carbocycles. The predicted molar refractivity (Wildman–Crippen MR) is 165 cm³/mol. The molecule has 0 atom stereocenters. The van der Waals surface area contributed by atoms with Gasteiger partial charge in [0.05, 0.1) is 5.41 Å². The Morgan fingerprint density at radius 1 is 1.07 bits per heavy atom. The molecule has 0 amide bonds. The highest BCUT2D eigenvalue weighted by molar-refractivity contribution is 6.31. The SMILES string of the molecule is CC(C)(C)N.CCC1(C(=O)O)CCN(Cc2ccc(-c3noc(-c4ccc(C5CCCCC5)c(Cl)c4)n3)cc2)CC1. The lowest BCUT2D eigenvalue weighted by atomic mass is 9.76. The Kier molecular flexibility index (Phi) is 10.3. The number of likely N-dealkylation sites (tertiary alicyclic amines) is 1. The Bertz CT molecular complexity index is 1280. The summed E-state index contributed by atoms with van der Waals surface area (Å²) < 4.78 is 5.57. The third-order valence-corrected chi connectivity index (χ3v) is 8.61. The van der Waals surface area contributed by atoms with Gasteiger partial charge in [0.2, 0.25) is 5.82 Å². The fourth-order valence-corrected chi connectivity index (χ4v) is 6.07. The Hall–Kier alpha value is -2.74. The highest BCUT2D eigenvalue weighted by Crippen LogP contribution is 2.38. The summed E-state index contributed by atoms with van der Waals surface area (Å²) in [4.78, 5) is 18.6. The average Bonchev–Trinajstić information content (AvgIpc) is 3.44. The molecule has 0 unspecified atom stereocenters. The number of nitrogens with zero attached hydrogens (tertiary/aromatic N) is 3. The molecule has 0 spiro atoms. The van der Waals surface area contributed by atoms with E-state index in [1.165, 1.54) is 43.2 Å². The smallest absolute Gasteiger partial charge is 0.309 e. The summed E-state index contributed by atoms with van der Waals surface area (Å²) in [6, 6.07) is 14.3. The van der Waals surface area contributed by atoms with Gasteiger partial charge in [-0.1, -0.05) is 73.3 Å². The van der Waals surface area contributed by atoms with Crippen LogP contribution < -0.4 is 5.73 Å². The molecule has 1 aliphatic heterocycles. The van der Waals surface area contributed by atoms with Crippen LogP contribution in [0.4, 0.5) is 0 Å². The quantitative estimate of drug-likeness (QED) is 0.292. The van der Waals surface area contributed by atoms with Crippen LogP contribution in [0.1, 0.15) is 96.1 Å². The lowest BCUT2D eigenvalue weighted by Crippen LogP contribution is -2.43. The Morgan fingerprint density at radius 3 is 2.24 bits per heavy atom. The molecule has 222 valence electrons. The monoisotopic (exact) mass is 580 g/mol. The van der Waals surface area contributed by atoms with Crippen LogP contribution in [0.2, 0.25) is 5.02 Å². The molecule has 0 bridgehead atoms. The number of hydrogen-bond donors (Lipinski definition) is 2. The normalized spacial score (nSPS) is 18.0. The molecule has 1 aromatic heterocycles. The first-order valence-electron chi connectivity index (χ1n) is 14.9. The molecule has 8 heteroatoms. The number of carboxylic acid groups (broad SMARTS) is 1. The zero-order chi connectivity index (χ0) is 29.6. The second-order valence-electron chi connectivity index (χ2n) is 12.8. The zero-order valence-electron chi connectivity index (χ0n) is 25.0. The molecule has 7 nitrogen and oxygen atoms in total. The third kappa shape index (κ3) is 8.40. The van der Waals surface area contributed by atoms with Crippen LogP contribution in [0.3, 0.4) is 0 Å². The van der Waals surface area contributed by atoms with Gasteiger partial charge in [-0.2, -0.15) is 4.98 Å². The van der Waals surface area contributed by atoms with Crippen molar-refractivity contribution in [2.75, 3.05) is 13.1 Å². The molecule has 2 fully saturated rings. The van der Waals surface area contributed by atoms with E-state index in [1.54, 1.807) is 0 Å². The number of hydrogen-bond acceptors (Lipinski definition) is 6. The first-order valence-corrected chi connectivity index (χ1v) is 15.3. The second-order valence-corrected chi connectivity index (χ2v) is 13.2. The van der Waals surface area contributed by atoms with E-state index < -0.39 is 11.4 Å². The maximum absolute atomic E-state index is 11.7. The van der Waals surface area contributed by atoms with Gasteiger partial charge in [-0.3, -0.25) is 9.69 Å². The molecule has 2 aliphatic rings. The van der Waals surface area contributed by atoms with E-state index in [0.717, 1.165) is 35.8 Å². The van der Waals surface area contributed by atoms with Crippen LogP contribution in [0.5, 0.6) is 0 Å². The van der Waals surface area contributed by atoms with Crippen molar-refractivity contribution in [3.05, 3.63) is 58.6 Å². The van der Waals surface area contributed by atoms with E-state index >= 15 is 0 Å². The topological polar surface area (TPSA) is 105 Å². The second kappa shape index (κ2) is 13.5. The number of aliphatic carboxylic acids is 1. The van der Waals surface area contributed by atoms with Crippen LogP contribution in [0.25, 0.3) is 22.8 Å². The summed E-state index contributed by atoms with van der Waals surface area (Å²) in [6.45, 7) is 10.3. The molecule has 2 heterocycles. The number of benzene rings is 2. The summed E-state index contributed by atoms with van der Waals surface area (Å²) in [5, 5.41) is 14.6. The minimum atomic E-state index is -0.657. The Labute approximate surface area is 249 Å². The lowest BCUT2D eigenvalue weighted by molar-refractivity contribution is -0.152. The molecule has 1 aliphatic carbocycles. The van der Waals surface area contributed by atoms with E-state index in [4.69, 9.17) is 21.9 Å². The average molecular weight is 581 g/mol. The van der Waals surface area contributed by atoms with E-state index in [9.17, 15) is 9.90 Å². The van der Waals surface area contributed by atoms with Gasteiger partial charge in [0.15, 0.2) is 0 Å². The largest absolute Gasteiger partial charge is 0.481 e. The van der Waals surface area contributed by atoms with Crippen molar-refractivity contribution in [2.24, 2.45) is 11.1 Å². The number of nitrogens with two attached hydrogens (primary N) is 1. The zero-order valence-corrected chi connectivity index (χ0v) is 25.7. The molecule has 0 radical (unpaired) electrons. The summed E-state index contributed by atoms with van der Waals surface area (Å²) in [6.07, 6.45) is 8.38. The summed E-state index contributed by atoms with van der Waals surface area (Å²) in [5.74, 6) is 0.915. The molecule has 1 saturated heterocycles. The van der Waals surface area contributed by atoms with E-state index in [2.05, 4.69) is 33.2 Å². The maximum atomic E-state index is 11.7. The third-order valence-electron chi connectivity index (χ3n) is 8.28. The van der Waals surface area contributed by atoms with Crippen molar-refractivity contribution in [3.63, 3.8) is 0 Å². The number of aromatic nitrogens is 2. The van der Waals surface area contributed by atoms with Gasteiger partial charge in [0.1, 0.15) is 0 Å². The Morgan fingerprint density at radius 2 is 1.68 bits per heavy atom. The van der Waals surface area contributed by atoms with Gasteiger partial charge < -0.3 is 15.4 Å². The standard InChI is InChI=1S/C29H34ClN3O3.C4H11N/c1-2-29(28(34)35)14-16-33(17-15-29)19-20-8-10-22(11-9-20)26-31-27(36-32-26)23-12-13-24(25(30)18-23)21-6-4-3-5-7-21;1-4(2,3)5/h8-13,18,21H,2-7,14-17,19H2,1H3,(H,34,35);5H2,1-3H3. The van der Waals surface area contributed by atoms with Crippen LogP contribution in [-0.4, -0.2) is 44.7 Å². The van der Waals surface area contributed by atoms with Gasteiger partial charge >= 0.3 is 5.97 Å². The molecule has 41 heavy (non-hydrogen) atoms. The molecule has 3 aromatic rings. The molecule has 3 N–H and O–H groups in total. The number of piperidine rings is 1. The fourth-order valence-electron chi connectivity index (χ4n) is 5.74. The molecular formula is C33H45ClN4O3. The molecular weight excluding hydrogens is 536 g/mol. The van der Waals surface area contributed by atoms with Crippen LogP contribution in [-0.2, 0) is 11.3 Å². The van der Waals surface area contributed by atoms with E-state index in [1.807, 2.05) is 52.0 Å². The Balaban J connectivity index is 0.000000714. The molecule has 1 saturated carbocycles. The minimum absolute atomic E-state index is 0. The number of halogens is 1. The summed E-state index contributed by atoms with van der Waals surface area (Å²) in [7, 11) is 0. The van der Waals surface area contributed by atoms with Crippen LogP contribution >= 0.6 is 11.6 Å². The van der Waals surface area contributed by atoms with Crippen molar-refractivity contribution < 1.29 is 14.4 Å². The highest BCUT2D eigenvalue weighted by Gasteiger charge is 2.39. The van der Waals surface area contributed by atoms with Gasteiger partial charge in [0, 0.05) is 28.2 Å². The first kappa shape index (κ1) is 31.2. The van der Waals surface area contributed by atoms with Crippen molar-refractivity contribution >= 4 is 17.6 Å². The van der Waals surface area contributed by atoms with Crippen molar-refractivity contribution in [1.82, 2.24) is 15.0 Å². The first-order chi connectivity index (χ1) is 19.5. The van der Waals surface area contributed by atoms with E-state index in [0.29, 0.717) is 36.9 Å². The van der Waals surface area contributed by atoms with Gasteiger partial charge in [-0.05, 0) is 95.1 Å². The summed E-state index contributed by atoms with van der Waals surface area (Å²) in [5.41, 5.74) is 8.95. The van der Waals surface area contributed by atoms with Crippen molar-refractivity contribution in [1.29, 1.82) is 0 Å². The minimum Gasteiger partial charge on any atom is -0.481 e. The maximum Gasteiger partial charge on any atom is 0.309 e. The lowest BCUT2D eigenvalue weighted by Gasteiger charge is -2.38. The number of carboxylic acids is 1. The van der Waals surface area contributed by atoms with Crippen LogP contribution in [0.15, 0.2) is 47.0 Å².